The van der Waals surface area contributed by atoms with E-state index >= 15 is 0 Å². The molecule has 2 heterocycles. The highest BCUT2D eigenvalue weighted by atomic mass is 32.2. The first-order chi connectivity index (χ1) is 9.10. The standard InChI is InChI=1S/C12H21N3O2S2/c1-7-8(2)19-10(6-18-7)12-14-11(17-15-12)4-9(13)5-16-3/h7-10H,4-6,13H2,1-3H3. The van der Waals surface area contributed by atoms with Crippen LogP contribution in [0.3, 0.4) is 0 Å². The van der Waals surface area contributed by atoms with Gasteiger partial charge >= 0.3 is 0 Å². The van der Waals surface area contributed by atoms with Gasteiger partial charge in [-0.1, -0.05) is 19.0 Å². The molecule has 4 atom stereocenters. The van der Waals surface area contributed by atoms with Crippen LogP contribution in [0.5, 0.6) is 0 Å². The molecular formula is C12H21N3O2S2. The maximum atomic E-state index is 5.88. The van der Waals surface area contributed by atoms with Crippen LogP contribution in [0, 0.1) is 0 Å². The Balaban J connectivity index is 1.93. The lowest BCUT2D eigenvalue weighted by molar-refractivity contribution is 0.176. The highest BCUT2D eigenvalue weighted by Gasteiger charge is 2.29. The molecule has 0 bridgehead atoms. The van der Waals surface area contributed by atoms with E-state index in [0.29, 0.717) is 34.7 Å². The Bertz CT molecular complexity index is 402. The highest BCUT2D eigenvalue weighted by Crippen LogP contribution is 2.43. The number of hydrogen-bond donors (Lipinski definition) is 1. The molecule has 2 N–H and O–H groups in total. The zero-order chi connectivity index (χ0) is 13.8. The molecule has 0 saturated carbocycles. The molecule has 0 aromatic carbocycles. The van der Waals surface area contributed by atoms with Crippen molar-refractivity contribution >= 4 is 23.5 Å². The Morgan fingerprint density at radius 1 is 1.47 bits per heavy atom. The fourth-order valence-corrected chi connectivity index (χ4v) is 4.73. The topological polar surface area (TPSA) is 74.2 Å². The van der Waals surface area contributed by atoms with Gasteiger partial charge in [-0.05, 0) is 0 Å². The summed E-state index contributed by atoms with van der Waals surface area (Å²) in [5, 5.41) is 5.72. The molecule has 2 rings (SSSR count). The van der Waals surface area contributed by atoms with Crippen LogP contribution in [0.25, 0.3) is 0 Å². The predicted molar refractivity (Wildman–Crippen MR) is 79.6 cm³/mol. The lowest BCUT2D eigenvalue weighted by Crippen LogP contribution is -2.28. The van der Waals surface area contributed by atoms with Crippen molar-refractivity contribution in [3.63, 3.8) is 0 Å². The summed E-state index contributed by atoms with van der Waals surface area (Å²) in [5.74, 6) is 2.45. The second-order valence-corrected chi connectivity index (χ2v) is 7.83. The minimum atomic E-state index is -0.0920. The number of nitrogens with zero attached hydrogens (tertiary/aromatic N) is 2. The molecule has 0 radical (unpaired) electrons. The van der Waals surface area contributed by atoms with Gasteiger partial charge in [0.1, 0.15) is 0 Å². The lowest BCUT2D eigenvalue weighted by Gasteiger charge is -2.29. The highest BCUT2D eigenvalue weighted by molar-refractivity contribution is 8.07. The Morgan fingerprint density at radius 3 is 2.95 bits per heavy atom. The average Bonchev–Trinajstić information content (AvgIpc) is 2.81. The van der Waals surface area contributed by atoms with Crippen molar-refractivity contribution in [2.75, 3.05) is 19.5 Å². The van der Waals surface area contributed by atoms with Gasteiger partial charge in [-0.25, -0.2) is 0 Å². The van der Waals surface area contributed by atoms with Crippen LogP contribution in [0.4, 0.5) is 0 Å². The second-order valence-electron chi connectivity index (χ2n) is 4.83. The van der Waals surface area contributed by atoms with E-state index in [9.17, 15) is 0 Å². The van der Waals surface area contributed by atoms with E-state index < -0.39 is 0 Å². The van der Waals surface area contributed by atoms with Gasteiger partial charge in [0.25, 0.3) is 0 Å². The quantitative estimate of drug-likeness (QED) is 0.890. The Labute approximate surface area is 122 Å². The van der Waals surface area contributed by atoms with E-state index in [-0.39, 0.29) is 6.04 Å². The van der Waals surface area contributed by atoms with Gasteiger partial charge in [-0.3, -0.25) is 0 Å². The number of thioether (sulfide) groups is 2. The maximum absolute atomic E-state index is 5.88. The molecule has 108 valence electrons. The SMILES string of the molecule is COCC(N)Cc1nc(C2CSC(C)C(C)S2)no1. The molecule has 1 aromatic heterocycles. The summed E-state index contributed by atoms with van der Waals surface area (Å²) in [6.07, 6.45) is 0.567. The summed E-state index contributed by atoms with van der Waals surface area (Å²) in [6, 6.07) is -0.0920. The average molecular weight is 303 g/mol. The smallest absolute Gasteiger partial charge is 0.228 e. The molecule has 4 unspecified atom stereocenters. The second kappa shape index (κ2) is 6.97. The Morgan fingerprint density at radius 2 is 2.26 bits per heavy atom. The van der Waals surface area contributed by atoms with E-state index in [1.165, 1.54) is 0 Å². The summed E-state index contributed by atoms with van der Waals surface area (Å²) in [7, 11) is 1.64. The van der Waals surface area contributed by atoms with Gasteiger partial charge in [0.05, 0.1) is 11.9 Å². The number of ether oxygens (including phenoxy) is 1. The van der Waals surface area contributed by atoms with Crippen LogP contribution in [0.1, 0.15) is 30.8 Å². The number of methoxy groups -OCH3 is 1. The van der Waals surface area contributed by atoms with Crippen LogP contribution in [-0.2, 0) is 11.2 Å². The number of rotatable bonds is 5. The van der Waals surface area contributed by atoms with Gasteiger partial charge in [-0.2, -0.15) is 16.7 Å². The van der Waals surface area contributed by atoms with Crippen LogP contribution < -0.4 is 5.73 Å². The number of hydrogen-bond acceptors (Lipinski definition) is 7. The molecule has 1 aliphatic heterocycles. The van der Waals surface area contributed by atoms with Crippen LogP contribution in [0.2, 0.25) is 0 Å². The largest absolute Gasteiger partial charge is 0.383 e. The lowest BCUT2D eigenvalue weighted by atomic mass is 10.2. The van der Waals surface area contributed by atoms with Gasteiger partial charge in [0.2, 0.25) is 5.89 Å². The maximum Gasteiger partial charge on any atom is 0.228 e. The fourth-order valence-electron chi connectivity index (χ4n) is 1.90. The first-order valence-electron chi connectivity index (χ1n) is 6.44. The third-order valence-electron chi connectivity index (χ3n) is 3.14. The third kappa shape index (κ3) is 4.11. The summed E-state index contributed by atoms with van der Waals surface area (Å²) in [4.78, 5) is 4.47. The molecule has 7 heteroatoms. The Hall–Kier alpha value is -0.240. The Kier molecular flexibility index (Phi) is 5.56. The van der Waals surface area contributed by atoms with Crippen molar-refractivity contribution in [2.45, 2.75) is 42.1 Å². The zero-order valence-electron chi connectivity index (χ0n) is 11.5. The van der Waals surface area contributed by atoms with E-state index in [1.807, 2.05) is 23.5 Å². The third-order valence-corrected chi connectivity index (χ3v) is 6.53. The summed E-state index contributed by atoms with van der Waals surface area (Å²) in [6.45, 7) is 5.02. The van der Waals surface area contributed by atoms with Crippen molar-refractivity contribution < 1.29 is 9.26 Å². The molecule has 0 amide bonds. The van der Waals surface area contributed by atoms with Gasteiger partial charge in [0, 0.05) is 35.8 Å². The molecule has 0 aliphatic carbocycles. The predicted octanol–water partition coefficient (Wildman–Crippen LogP) is 1.88. The monoisotopic (exact) mass is 303 g/mol. The minimum absolute atomic E-state index is 0.0920. The summed E-state index contributed by atoms with van der Waals surface area (Å²) in [5.41, 5.74) is 5.88. The summed E-state index contributed by atoms with van der Waals surface area (Å²) >= 11 is 3.90. The number of nitrogens with two attached hydrogens (primary N) is 1. The number of aromatic nitrogens is 2. The van der Waals surface area contributed by atoms with E-state index in [2.05, 4.69) is 24.0 Å². The zero-order valence-corrected chi connectivity index (χ0v) is 13.2. The molecule has 5 nitrogen and oxygen atoms in total. The molecule has 1 aromatic rings. The van der Waals surface area contributed by atoms with Crippen LogP contribution >= 0.6 is 23.5 Å². The van der Waals surface area contributed by atoms with E-state index in [0.717, 1.165) is 11.6 Å². The molecule has 19 heavy (non-hydrogen) atoms. The molecule has 1 saturated heterocycles. The van der Waals surface area contributed by atoms with Crippen LogP contribution in [0.15, 0.2) is 4.52 Å². The molecule has 0 spiro atoms. The van der Waals surface area contributed by atoms with Crippen molar-refractivity contribution in [1.29, 1.82) is 0 Å². The summed E-state index contributed by atoms with van der Waals surface area (Å²) < 4.78 is 10.3. The van der Waals surface area contributed by atoms with Crippen molar-refractivity contribution in [1.82, 2.24) is 10.1 Å². The molecule has 1 fully saturated rings. The fraction of sp³-hybridized carbons (Fsp3) is 0.833. The first kappa shape index (κ1) is 15.2. The first-order valence-corrected chi connectivity index (χ1v) is 8.43. The normalized spacial score (nSPS) is 29.4. The molecular weight excluding hydrogens is 282 g/mol. The van der Waals surface area contributed by atoms with Gasteiger partial charge in [0.15, 0.2) is 5.82 Å². The van der Waals surface area contributed by atoms with Gasteiger partial charge < -0.3 is 15.0 Å². The molecule has 1 aliphatic rings. The van der Waals surface area contributed by atoms with Gasteiger partial charge in [-0.15, -0.1) is 11.8 Å². The van der Waals surface area contributed by atoms with Crippen molar-refractivity contribution in [2.24, 2.45) is 5.73 Å². The van der Waals surface area contributed by atoms with Crippen molar-refractivity contribution in [3.05, 3.63) is 11.7 Å². The van der Waals surface area contributed by atoms with Crippen LogP contribution in [-0.4, -0.2) is 46.2 Å². The van der Waals surface area contributed by atoms with Crippen molar-refractivity contribution in [3.8, 4) is 0 Å². The van der Waals surface area contributed by atoms with E-state index in [4.69, 9.17) is 15.0 Å². The minimum Gasteiger partial charge on any atom is -0.383 e. The van der Waals surface area contributed by atoms with E-state index in [1.54, 1.807) is 7.11 Å².